The normalized spacial score (nSPS) is 11.4. The highest BCUT2D eigenvalue weighted by atomic mass is 32.2. The average molecular weight is 314 g/mol. The van der Waals surface area contributed by atoms with Gasteiger partial charge in [0.25, 0.3) is 15.7 Å². The number of non-ortho nitro benzene ring substituents is 1. The molecule has 0 saturated carbocycles. The van der Waals surface area contributed by atoms with Crippen LogP contribution in [0.25, 0.3) is 0 Å². The molecule has 2 rings (SSSR count). The van der Waals surface area contributed by atoms with E-state index in [1.807, 2.05) is 0 Å². The van der Waals surface area contributed by atoms with Crippen molar-refractivity contribution >= 4 is 21.4 Å². The fourth-order valence-corrected chi connectivity index (χ4v) is 3.29. The molecule has 8 nitrogen and oxygen atoms in total. The lowest BCUT2D eigenvalue weighted by Crippen LogP contribution is -2.15. The van der Waals surface area contributed by atoms with Gasteiger partial charge in [0.05, 0.1) is 28.1 Å². The standard InChI is InChI=1S/C11H11FN4O4S/c1-6-11(7(2)14-13-6)21(19,20)15-9-3-8(12)4-10(5-9)16(17)18/h3-5,15H,1-2H3,(H,13,14). The second kappa shape index (κ2) is 5.13. The number of nitro groups is 1. The molecule has 0 aliphatic carbocycles. The van der Waals surface area contributed by atoms with Crippen LogP contribution in [0, 0.1) is 29.8 Å². The average Bonchev–Trinajstić information content (AvgIpc) is 2.68. The molecule has 10 heteroatoms. The Morgan fingerprint density at radius 1 is 1.33 bits per heavy atom. The maximum atomic E-state index is 13.3. The Morgan fingerprint density at radius 2 is 2.00 bits per heavy atom. The van der Waals surface area contributed by atoms with Crippen molar-refractivity contribution in [3.8, 4) is 0 Å². The smallest absolute Gasteiger partial charge is 0.274 e. The van der Waals surface area contributed by atoms with E-state index >= 15 is 0 Å². The first kappa shape index (κ1) is 14.9. The number of aromatic nitrogens is 2. The molecular formula is C11H11FN4O4S. The molecule has 2 aromatic rings. The van der Waals surface area contributed by atoms with Gasteiger partial charge in [-0.1, -0.05) is 0 Å². The van der Waals surface area contributed by atoms with E-state index < -0.39 is 26.5 Å². The third-order valence-electron chi connectivity index (χ3n) is 2.67. The van der Waals surface area contributed by atoms with Crippen molar-refractivity contribution < 1.29 is 17.7 Å². The Morgan fingerprint density at radius 3 is 2.52 bits per heavy atom. The van der Waals surface area contributed by atoms with Crippen LogP contribution in [0.15, 0.2) is 23.1 Å². The zero-order valence-electron chi connectivity index (χ0n) is 11.0. The lowest BCUT2D eigenvalue weighted by atomic mass is 10.3. The zero-order chi connectivity index (χ0) is 15.8. The topological polar surface area (TPSA) is 118 Å². The van der Waals surface area contributed by atoms with Gasteiger partial charge in [-0.15, -0.1) is 0 Å². The maximum absolute atomic E-state index is 13.3. The van der Waals surface area contributed by atoms with E-state index in [0.717, 1.165) is 12.1 Å². The van der Waals surface area contributed by atoms with Gasteiger partial charge in [-0.2, -0.15) is 5.10 Å². The van der Waals surface area contributed by atoms with Crippen LogP contribution >= 0.6 is 0 Å². The van der Waals surface area contributed by atoms with Gasteiger partial charge in [-0.05, 0) is 19.9 Å². The molecule has 1 aromatic carbocycles. The summed E-state index contributed by atoms with van der Waals surface area (Å²) >= 11 is 0. The maximum Gasteiger partial charge on any atom is 0.274 e. The van der Waals surface area contributed by atoms with Gasteiger partial charge in [-0.25, -0.2) is 12.8 Å². The lowest BCUT2D eigenvalue weighted by Gasteiger charge is -2.08. The number of hydrogen-bond donors (Lipinski definition) is 2. The molecule has 0 bridgehead atoms. The van der Waals surface area contributed by atoms with Crippen LogP contribution in [-0.4, -0.2) is 23.5 Å². The second-order valence-electron chi connectivity index (χ2n) is 4.32. The SMILES string of the molecule is Cc1n[nH]c(C)c1S(=O)(=O)Nc1cc(F)cc([N+](=O)[O-])c1. The summed E-state index contributed by atoms with van der Waals surface area (Å²) in [5, 5.41) is 16.9. The van der Waals surface area contributed by atoms with Gasteiger partial charge < -0.3 is 0 Å². The summed E-state index contributed by atoms with van der Waals surface area (Å²) in [5.41, 5.74) is -0.230. The van der Waals surface area contributed by atoms with E-state index in [1.54, 1.807) is 0 Å². The van der Waals surface area contributed by atoms with Crippen LogP contribution in [0.2, 0.25) is 0 Å². The number of rotatable bonds is 4. The Bertz CT molecular complexity index is 796. The van der Waals surface area contributed by atoms with Crippen molar-refractivity contribution in [3.63, 3.8) is 0 Å². The number of H-pyrrole nitrogens is 1. The summed E-state index contributed by atoms with van der Waals surface area (Å²) in [5.74, 6) is -0.914. The number of aryl methyl sites for hydroxylation is 2. The van der Waals surface area contributed by atoms with E-state index in [2.05, 4.69) is 14.9 Å². The monoisotopic (exact) mass is 314 g/mol. The molecule has 0 saturated heterocycles. The Balaban J connectivity index is 2.44. The molecular weight excluding hydrogens is 303 g/mol. The number of sulfonamides is 1. The van der Waals surface area contributed by atoms with Crippen LogP contribution < -0.4 is 4.72 Å². The third kappa shape index (κ3) is 2.99. The number of aromatic amines is 1. The summed E-state index contributed by atoms with van der Waals surface area (Å²) in [6.45, 7) is 3.01. The van der Waals surface area contributed by atoms with Crippen molar-refractivity contribution in [2.24, 2.45) is 0 Å². The minimum absolute atomic E-state index is 0.0746. The van der Waals surface area contributed by atoms with E-state index in [0.29, 0.717) is 11.8 Å². The van der Waals surface area contributed by atoms with Gasteiger partial charge in [0.2, 0.25) is 0 Å². The van der Waals surface area contributed by atoms with E-state index in [9.17, 15) is 22.9 Å². The molecule has 0 atom stereocenters. The molecule has 0 amide bonds. The van der Waals surface area contributed by atoms with Gasteiger partial charge in [0.15, 0.2) is 0 Å². The van der Waals surface area contributed by atoms with Crippen molar-refractivity contribution in [2.75, 3.05) is 4.72 Å². The second-order valence-corrected chi connectivity index (χ2v) is 5.94. The third-order valence-corrected chi connectivity index (χ3v) is 4.32. The molecule has 2 N–H and O–H groups in total. The minimum Gasteiger partial charge on any atom is -0.281 e. The summed E-state index contributed by atoms with van der Waals surface area (Å²) in [6, 6.07) is 2.49. The molecule has 0 aliphatic rings. The first-order chi connectivity index (χ1) is 9.70. The largest absolute Gasteiger partial charge is 0.281 e. The highest BCUT2D eigenvalue weighted by Gasteiger charge is 2.23. The first-order valence-corrected chi connectivity index (χ1v) is 7.18. The number of halogens is 1. The summed E-state index contributed by atoms with van der Waals surface area (Å²) in [4.78, 5) is 9.77. The van der Waals surface area contributed by atoms with Crippen LogP contribution in [0.4, 0.5) is 15.8 Å². The number of nitrogens with one attached hydrogen (secondary N) is 2. The molecule has 1 heterocycles. The van der Waals surface area contributed by atoms with E-state index in [4.69, 9.17) is 0 Å². The molecule has 21 heavy (non-hydrogen) atoms. The fraction of sp³-hybridized carbons (Fsp3) is 0.182. The number of anilines is 1. The van der Waals surface area contributed by atoms with Crippen LogP contribution in [0.1, 0.15) is 11.4 Å². The van der Waals surface area contributed by atoms with Crippen molar-refractivity contribution in [3.05, 3.63) is 45.5 Å². The van der Waals surface area contributed by atoms with Crippen molar-refractivity contribution in [2.45, 2.75) is 18.7 Å². The van der Waals surface area contributed by atoms with Gasteiger partial charge >= 0.3 is 0 Å². The number of nitro benzene ring substituents is 1. The predicted molar refractivity (Wildman–Crippen MR) is 71.9 cm³/mol. The van der Waals surface area contributed by atoms with Gasteiger partial charge in [-0.3, -0.25) is 19.9 Å². The number of benzene rings is 1. The van der Waals surface area contributed by atoms with Gasteiger partial charge in [0.1, 0.15) is 10.7 Å². The van der Waals surface area contributed by atoms with Crippen LogP contribution in [0.3, 0.4) is 0 Å². The lowest BCUT2D eigenvalue weighted by molar-refractivity contribution is -0.385. The Labute approximate surface area is 119 Å². The first-order valence-electron chi connectivity index (χ1n) is 5.70. The molecule has 0 radical (unpaired) electrons. The number of nitrogens with zero attached hydrogens (tertiary/aromatic N) is 2. The van der Waals surface area contributed by atoms with Crippen LogP contribution in [-0.2, 0) is 10.0 Å². The molecule has 0 unspecified atom stereocenters. The summed E-state index contributed by atoms with van der Waals surface area (Å²) in [7, 11) is -4.02. The molecule has 112 valence electrons. The quantitative estimate of drug-likeness (QED) is 0.659. The zero-order valence-corrected chi connectivity index (χ0v) is 11.9. The number of hydrogen-bond acceptors (Lipinski definition) is 5. The van der Waals surface area contributed by atoms with Crippen molar-refractivity contribution in [1.29, 1.82) is 0 Å². The van der Waals surface area contributed by atoms with Crippen LogP contribution in [0.5, 0.6) is 0 Å². The molecule has 1 aromatic heterocycles. The van der Waals surface area contributed by atoms with E-state index in [1.165, 1.54) is 13.8 Å². The summed E-state index contributed by atoms with van der Waals surface area (Å²) < 4.78 is 39.9. The molecule has 0 aliphatic heterocycles. The summed E-state index contributed by atoms with van der Waals surface area (Å²) in [6.07, 6.45) is 0. The Hall–Kier alpha value is -2.49. The molecule has 0 fully saturated rings. The van der Waals surface area contributed by atoms with Crippen molar-refractivity contribution in [1.82, 2.24) is 10.2 Å². The van der Waals surface area contributed by atoms with Gasteiger partial charge in [0, 0.05) is 6.07 Å². The van der Waals surface area contributed by atoms with E-state index in [-0.39, 0.29) is 16.3 Å². The fourth-order valence-electron chi connectivity index (χ4n) is 1.88. The minimum atomic E-state index is -4.02. The highest BCUT2D eigenvalue weighted by molar-refractivity contribution is 7.92. The highest BCUT2D eigenvalue weighted by Crippen LogP contribution is 2.24. The molecule has 0 spiro atoms. The predicted octanol–water partition coefficient (Wildman–Crippen LogP) is 1.87. The Kier molecular flexibility index (Phi) is 3.64.